The molecule has 0 aliphatic heterocycles. The molecule has 0 atom stereocenters. The average molecular weight is 637 g/mol. The third kappa shape index (κ3) is 4.57. The fourth-order valence-corrected chi connectivity index (χ4v) is 7.73. The quantitative estimate of drug-likeness (QED) is 0.178. The summed E-state index contributed by atoms with van der Waals surface area (Å²) in [5.74, 6) is 0. The van der Waals surface area contributed by atoms with Crippen LogP contribution in [0.5, 0.6) is 0 Å². The minimum absolute atomic E-state index is 1.15. The highest BCUT2D eigenvalue weighted by Gasteiger charge is 2.16. The predicted octanol–water partition coefficient (Wildman–Crippen LogP) is 12.9. The summed E-state index contributed by atoms with van der Waals surface area (Å²) in [6, 6.07) is 70.4. The molecule has 2 aromatic heterocycles. The van der Waals surface area contributed by atoms with Gasteiger partial charge in [-0.2, -0.15) is 0 Å². The second kappa shape index (κ2) is 11.5. The van der Waals surface area contributed by atoms with Crippen LogP contribution in [0.15, 0.2) is 194 Å². The summed E-state index contributed by atoms with van der Waals surface area (Å²) in [7, 11) is 0. The molecular weight excluding hydrogens is 605 g/mol. The maximum absolute atomic E-state index is 2.41. The maximum atomic E-state index is 2.41. The van der Waals surface area contributed by atoms with Crippen molar-refractivity contribution in [1.29, 1.82) is 0 Å². The Kier molecular flexibility index (Phi) is 6.53. The van der Waals surface area contributed by atoms with E-state index in [1.54, 1.807) is 0 Å². The van der Waals surface area contributed by atoms with E-state index in [-0.39, 0.29) is 0 Å². The SMILES string of the molecule is c1ccc(-c2ccc3c(c2)c2cc(-c4ccccc4)ccc2n3-c2ccc(-c3ccc4c(c3)c3ccccc3n4-c3ccccc3)cc2)cc1. The molecule has 10 aromatic rings. The van der Waals surface area contributed by atoms with Gasteiger partial charge in [0.2, 0.25) is 0 Å². The largest absolute Gasteiger partial charge is 0.309 e. The number of para-hydroxylation sites is 2. The molecule has 50 heavy (non-hydrogen) atoms. The zero-order valence-electron chi connectivity index (χ0n) is 27.4. The fraction of sp³-hybridized carbons (Fsp3) is 0. The normalized spacial score (nSPS) is 11.6. The molecule has 0 aliphatic carbocycles. The topological polar surface area (TPSA) is 9.86 Å². The van der Waals surface area contributed by atoms with Crippen LogP contribution in [0.4, 0.5) is 0 Å². The van der Waals surface area contributed by atoms with Crippen molar-refractivity contribution in [3.8, 4) is 44.8 Å². The Labute approximate surface area is 290 Å². The lowest BCUT2D eigenvalue weighted by atomic mass is 10.0. The standard InChI is InChI=1S/C48H32N2/c1-4-12-33(13-5-1)36-22-28-47-43(31-36)44-32-37(34-14-6-2-7-15-34)23-29-48(44)50(47)40-25-20-35(21-26-40)38-24-27-46-42(30-38)41-18-10-11-19-45(41)49(46)39-16-8-3-9-17-39/h1-32H. The number of hydrogen-bond acceptors (Lipinski definition) is 0. The van der Waals surface area contributed by atoms with E-state index in [1.807, 2.05) is 0 Å². The van der Waals surface area contributed by atoms with E-state index in [4.69, 9.17) is 0 Å². The van der Waals surface area contributed by atoms with Crippen molar-refractivity contribution < 1.29 is 0 Å². The van der Waals surface area contributed by atoms with Crippen molar-refractivity contribution in [2.24, 2.45) is 0 Å². The van der Waals surface area contributed by atoms with Gasteiger partial charge in [0.1, 0.15) is 0 Å². The van der Waals surface area contributed by atoms with Gasteiger partial charge in [0.15, 0.2) is 0 Å². The Morgan fingerprint density at radius 1 is 0.220 bits per heavy atom. The third-order valence-electron chi connectivity index (χ3n) is 10.1. The summed E-state index contributed by atoms with van der Waals surface area (Å²) in [6.45, 7) is 0. The average Bonchev–Trinajstić information content (AvgIpc) is 3.71. The number of benzene rings is 8. The van der Waals surface area contributed by atoms with Gasteiger partial charge in [0, 0.05) is 32.9 Å². The van der Waals surface area contributed by atoms with Crippen molar-refractivity contribution >= 4 is 43.6 Å². The summed E-state index contributed by atoms with van der Waals surface area (Å²) in [6.07, 6.45) is 0. The van der Waals surface area contributed by atoms with Gasteiger partial charge in [-0.3, -0.25) is 0 Å². The number of nitrogens with zero attached hydrogens (tertiary/aromatic N) is 2. The van der Waals surface area contributed by atoms with Crippen LogP contribution in [-0.2, 0) is 0 Å². The van der Waals surface area contributed by atoms with Gasteiger partial charge < -0.3 is 9.13 Å². The van der Waals surface area contributed by atoms with Gasteiger partial charge in [0.25, 0.3) is 0 Å². The first kappa shape index (κ1) is 28.4. The fourth-order valence-electron chi connectivity index (χ4n) is 7.73. The number of aromatic nitrogens is 2. The van der Waals surface area contributed by atoms with Gasteiger partial charge in [-0.15, -0.1) is 0 Å². The molecule has 0 spiro atoms. The highest BCUT2D eigenvalue weighted by molar-refractivity contribution is 6.12. The van der Waals surface area contributed by atoms with E-state index in [9.17, 15) is 0 Å². The summed E-state index contributed by atoms with van der Waals surface area (Å²) in [5.41, 5.74) is 14.5. The number of hydrogen-bond donors (Lipinski definition) is 0. The van der Waals surface area contributed by atoms with Gasteiger partial charge in [-0.1, -0.05) is 127 Å². The van der Waals surface area contributed by atoms with Crippen LogP contribution in [0.2, 0.25) is 0 Å². The van der Waals surface area contributed by atoms with Crippen LogP contribution in [0.25, 0.3) is 88.4 Å². The molecule has 10 rings (SSSR count). The lowest BCUT2D eigenvalue weighted by Crippen LogP contribution is -1.94. The van der Waals surface area contributed by atoms with Crippen LogP contribution < -0.4 is 0 Å². The van der Waals surface area contributed by atoms with Crippen LogP contribution in [0.3, 0.4) is 0 Å². The van der Waals surface area contributed by atoms with Gasteiger partial charge in [-0.25, -0.2) is 0 Å². The van der Waals surface area contributed by atoms with Crippen molar-refractivity contribution in [2.45, 2.75) is 0 Å². The van der Waals surface area contributed by atoms with E-state index in [1.165, 1.54) is 82.7 Å². The second-order valence-corrected chi connectivity index (χ2v) is 13.0. The van der Waals surface area contributed by atoms with Crippen LogP contribution >= 0.6 is 0 Å². The molecule has 2 heterocycles. The first-order valence-corrected chi connectivity index (χ1v) is 17.2. The monoisotopic (exact) mass is 636 g/mol. The van der Waals surface area contributed by atoms with E-state index >= 15 is 0 Å². The van der Waals surface area contributed by atoms with Crippen LogP contribution in [0, 0.1) is 0 Å². The molecule has 0 saturated carbocycles. The molecule has 0 fully saturated rings. The van der Waals surface area contributed by atoms with Crippen molar-refractivity contribution in [3.63, 3.8) is 0 Å². The second-order valence-electron chi connectivity index (χ2n) is 13.0. The first-order chi connectivity index (χ1) is 24.8. The van der Waals surface area contributed by atoms with Crippen LogP contribution in [-0.4, -0.2) is 9.13 Å². The molecule has 0 saturated heterocycles. The summed E-state index contributed by atoms with van der Waals surface area (Å²) in [4.78, 5) is 0. The van der Waals surface area contributed by atoms with E-state index in [0.29, 0.717) is 0 Å². The number of rotatable bonds is 5. The van der Waals surface area contributed by atoms with E-state index in [0.717, 1.165) is 5.69 Å². The molecule has 0 radical (unpaired) electrons. The molecule has 0 unspecified atom stereocenters. The minimum Gasteiger partial charge on any atom is -0.309 e. The smallest absolute Gasteiger partial charge is 0.0541 e. The predicted molar refractivity (Wildman–Crippen MR) is 211 cm³/mol. The minimum atomic E-state index is 1.15. The Hall–Kier alpha value is -6.64. The van der Waals surface area contributed by atoms with E-state index in [2.05, 4.69) is 203 Å². The molecule has 8 aromatic carbocycles. The summed E-state index contributed by atoms with van der Waals surface area (Å²) < 4.78 is 4.78. The molecule has 0 amide bonds. The Morgan fingerprint density at radius 3 is 1.06 bits per heavy atom. The van der Waals surface area contributed by atoms with E-state index < -0.39 is 0 Å². The molecule has 2 nitrogen and oxygen atoms in total. The maximum Gasteiger partial charge on any atom is 0.0541 e. The molecule has 0 aliphatic rings. The van der Waals surface area contributed by atoms with Crippen molar-refractivity contribution in [1.82, 2.24) is 9.13 Å². The molecule has 2 heteroatoms. The lowest BCUT2D eigenvalue weighted by molar-refractivity contribution is 1.18. The van der Waals surface area contributed by atoms with Crippen molar-refractivity contribution in [3.05, 3.63) is 194 Å². The summed E-state index contributed by atoms with van der Waals surface area (Å²) in [5, 5.41) is 5.03. The first-order valence-electron chi connectivity index (χ1n) is 17.2. The van der Waals surface area contributed by atoms with Gasteiger partial charge in [0.05, 0.1) is 22.1 Å². The Bertz CT molecular complexity index is 2730. The zero-order chi connectivity index (χ0) is 33.0. The molecule has 0 bridgehead atoms. The van der Waals surface area contributed by atoms with Gasteiger partial charge >= 0.3 is 0 Å². The highest BCUT2D eigenvalue weighted by atomic mass is 15.0. The van der Waals surface area contributed by atoms with Crippen molar-refractivity contribution in [2.75, 3.05) is 0 Å². The number of fused-ring (bicyclic) bond motifs is 6. The summed E-state index contributed by atoms with van der Waals surface area (Å²) >= 11 is 0. The third-order valence-corrected chi connectivity index (χ3v) is 10.1. The molecule has 0 N–H and O–H groups in total. The Balaban J connectivity index is 1.11. The molecule has 234 valence electrons. The Morgan fingerprint density at radius 2 is 0.560 bits per heavy atom. The molecular formula is C48H32N2. The highest BCUT2D eigenvalue weighted by Crippen LogP contribution is 2.39. The van der Waals surface area contributed by atoms with Gasteiger partial charge in [-0.05, 0) is 100 Å². The van der Waals surface area contributed by atoms with Crippen LogP contribution in [0.1, 0.15) is 0 Å². The lowest BCUT2D eigenvalue weighted by Gasteiger charge is -2.11. The zero-order valence-corrected chi connectivity index (χ0v) is 27.4.